The van der Waals surface area contributed by atoms with Gasteiger partial charge in [-0.05, 0) is 52.4 Å². The smallest absolute Gasteiger partial charge is 0.216 e. The maximum Gasteiger partial charge on any atom is 0.216 e. The fourth-order valence-corrected chi connectivity index (χ4v) is 2.67. The Balaban J connectivity index is 2.28. The lowest BCUT2D eigenvalue weighted by Crippen LogP contribution is -1.96. The number of halogens is 2. The molecule has 0 aliphatic rings. The van der Waals surface area contributed by atoms with Crippen LogP contribution in [0.25, 0.3) is 5.57 Å². The fourth-order valence-electron chi connectivity index (χ4n) is 1.35. The molecule has 0 saturated heterocycles. The second-order valence-electron chi connectivity index (χ2n) is 3.58. The quantitative estimate of drug-likeness (QED) is 0.577. The predicted octanol–water partition coefficient (Wildman–Crippen LogP) is 2.85. The van der Waals surface area contributed by atoms with Crippen molar-refractivity contribution in [3.63, 3.8) is 0 Å². The number of nitrogens with one attached hydrogen (secondary N) is 2. The summed E-state index contributed by atoms with van der Waals surface area (Å²) < 4.78 is 2.12. The third-order valence-corrected chi connectivity index (χ3v) is 4.65. The zero-order valence-corrected chi connectivity index (χ0v) is 13.5. The number of hydrogen-bond donors (Lipinski definition) is 2. The molecule has 0 atom stereocenters. The van der Waals surface area contributed by atoms with Crippen LogP contribution in [-0.2, 0) is 0 Å². The number of benzene rings is 1. The highest BCUT2D eigenvalue weighted by atomic mass is 127. The third-order valence-electron chi connectivity index (χ3n) is 2.40. The molecule has 19 heavy (non-hydrogen) atoms. The lowest BCUT2D eigenvalue weighted by Gasteiger charge is -2.08. The second kappa shape index (κ2) is 6.12. The molecule has 0 aliphatic carbocycles. The zero-order chi connectivity index (χ0) is 13.8. The molecule has 96 valence electrons. The highest BCUT2D eigenvalue weighted by Crippen LogP contribution is 2.28. The SMILES string of the molecule is Cc1c(Br)ccc(NC=C(C#N)c2nn[nH]n2)c1I. The van der Waals surface area contributed by atoms with Crippen molar-refractivity contribution in [2.45, 2.75) is 6.92 Å². The van der Waals surface area contributed by atoms with Crippen molar-refractivity contribution >= 4 is 49.8 Å². The van der Waals surface area contributed by atoms with Gasteiger partial charge < -0.3 is 5.32 Å². The van der Waals surface area contributed by atoms with Crippen LogP contribution in [0.2, 0.25) is 0 Å². The molecule has 0 spiro atoms. The number of tetrazole rings is 1. The number of rotatable bonds is 3. The van der Waals surface area contributed by atoms with Crippen molar-refractivity contribution in [2.24, 2.45) is 0 Å². The minimum atomic E-state index is 0.263. The summed E-state index contributed by atoms with van der Waals surface area (Å²) in [6.07, 6.45) is 1.57. The van der Waals surface area contributed by atoms with Crippen LogP contribution in [-0.4, -0.2) is 20.6 Å². The van der Waals surface area contributed by atoms with Gasteiger partial charge in [-0.2, -0.15) is 10.5 Å². The lowest BCUT2D eigenvalue weighted by atomic mass is 10.2. The standard InChI is InChI=1S/C11H8BrIN6/c1-6-8(12)2-3-9(10(6)13)15-5-7(4-14)11-16-18-19-17-11/h2-3,5,15H,1H3,(H,16,17,18,19). The average molecular weight is 431 g/mol. The van der Waals surface area contributed by atoms with Crippen molar-refractivity contribution < 1.29 is 0 Å². The molecule has 0 saturated carbocycles. The molecule has 0 fully saturated rings. The van der Waals surface area contributed by atoms with Crippen LogP contribution in [0.1, 0.15) is 11.4 Å². The molecule has 2 aromatic rings. The molecular weight excluding hydrogens is 423 g/mol. The van der Waals surface area contributed by atoms with Crippen LogP contribution in [0, 0.1) is 21.8 Å². The second-order valence-corrected chi connectivity index (χ2v) is 5.52. The molecule has 8 heteroatoms. The Bertz CT molecular complexity index is 659. The van der Waals surface area contributed by atoms with Gasteiger partial charge in [0.25, 0.3) is 0 Å². The van der Waals surface area contributed by atoms with Crippen molar-refractivity contribution in [1.29, 1.82) is 5.26 Å². The van der Waals surface area contributed by atoms with E-state index in [9.17, 15) is 0 Å². The van der Waals surface area contributed by atoms with Gasteiger partial charge in [0.2, 0.25) is 5.82 Å². The first-order valence-electron chi connectivity index (χ1n) is 5.18. The summed E-state index contributed by atoms with van der Waals surface area (Å²) in [4.78, 5) is 0. The molecule has 0 bridgehead atoms. The Morgan fingerprint density at radius 2 is 2.37 bits per heavy atom. The van der Waals surface area contributed by atoms with E-state index in [2.05, 4.69) is 64.5 Å². The van der Waals surface area contributed by atoms with Gasteiger partial charge in [0, 0.05) is 14.2 Å². The summed E-state index contributed by atoms with van der Waals surface area (Å²) in [6.45, 7) is 2.02. The van der Waals surface area contributed by atoms with Crippen LogP contribution in [0.3, 0.4) is 0 Å². The Hall–Kier alpha value is -1.47. The van der Waals surface area contributed by atoms with Gasteiger partial charge in [-0.15, -0.1) is 10.2 Å². The van der Waals surface area contributed by atoms with E-state index in [-0.39, 0.29) is 5.82 Å². The van der Waals surface area contributed by atoms with E-state index in [4.69, 9.17) is 5.26 Å². The van der Waals surface area contributed by atoms with Gasteiger partial charge in [-0.25, -0.2) is 0 Å². The first-order valence-corrected chi connectivity index (χ1v) is 7.06. The van der Waals surface area contributed by atoms with Crippen LogP contribution in [0.5, 0.6) is 0 Å². The Morgan fingerprint density at radius 3 is 3.00 bits per heavy atom. The maximum atomic E-state index is 9.05. The first-order chi connectivity index (χ1) is 9.13. The monoisotopic (exact) mass is 430 g/mol. The van der Waals surface area contributed by atoms with Crippen molar-refractivity contribution in [3.8, 4) is 6.07 Å². The summed E-state index contributed by atoms with van der Waals surface area (Å²) in [5.41, 5.74) is 2.36. The molecule has 1 aromatic carbocycles. The average Bonchev–Trinajstić information content (AvgIpc) is 2.93. The van der Waals surface area contributed by atoms with Crippen LogP contribution in [0.15, 0.2) is 22.8 Å². The number of aromatic nitrogens is 4. The van der Waals surface area contributed by atoms with Gasteiger partial charge in [0.15, 0.2) is 0 Å². The summed E-state index contributed by atoms with van der Waals surface area (Å²) in [5.74, 6) is 0.263. The number of nitrogens with zero attached hydrogens (tertiary/aromatic N) is 4. The lowest BCUT2D eigenvalue weighted by molar-refractivity contribution is 0.881. The van der Waals surface area contributed by atoms with E-state index >= 15 is 0 Å². The van der Waals surface area contributed by atoms with E-state index in [1.807, 2.05) is 25.1 Å². The molecule has 1 aromatic heterocycles. The summed E-state index contributed by atoms with van der Waals surface area (Å²) in [7, 11) is 0. The van der Waals surface area contributed by atoms with Crippen molar-refractivity contribution in [3.05, 3.63) is 37.8 Å². The molecule has 0 unspecified atom stereocenters. The fraction of sp³-hybridized carbons (Fsp3) is 0.0909. The molecular formula is C11H8BrIN6. The van der Waals surface area contributed by atoms with Crippen molar-refractivity contribution in [2.75, 3.05) is 5.32 Å². The van der Waals surface area contributed by atoms with Gasteiger partial charge in [0.05, 0.1) is 5.69 Å². The maximum absolute atomic E-state index is 9.05. The van der Waals surface area contributed by atoms with Crippen LogP contribution < -0.4 is 5.32 Å². The third kappa shape index (κ3) is 3.10. The highest BCUT2D eigenvalue weighted by Gasteiger charge is 2.08. The van der Waals surface area contributed by atoms with Gasteiger partial charge >= 0.3 is 0 Å². The van der Waals surface area contributed by atoms with Crippen LogP contribution >= 0.6 is 38.5 Å². The Morgan fingerprint density at radius 1 is 1.58 bits per heavy atom. The van der Waals surface area contributed by atoms with E-state index in [0.717, 1.165) is 19.3 Å². The summed E-state index contributed by atoms with van der Waals surface area (Å²) in [6, 6.07) is 5.91. The van der Waals surface area contributed by atoms with Gasteiger partial charge in [-0.3, -0.25) is 0 Å². The Kier molecular flexibility index (Phi) is 4.49. The number of hydrogen-bond acceptors (Lipinski definition) is 5. The van der Waals surface area contributed by atoms with Crippen molar-refractivity contribution in [1.82, 2.24) is 20.6 Å². The molecule has 6 nitrogen and oxygen atoms in total. The zero-order valence-electron chi connectivity index (χ0n) is 9.78. The molecule has 2 N–H and O–H groups in total. The van der Waals surface area contributed by atoms with E-state index in [1.165, 1.54) is 0 Å². The molecule has 0 amide bonds. The predicted molar refractivity (Wildman–Crippen MR) is 83.0 cm³/mol. The Labute approximate surface area is 131 Å². The first kappa shape index (κ1) is 14.0. The topological polar surface area (TPSA) is 90.3 Å². The van der Waals surface area contributed by atoms with Gasteiger partial charge in [0.1, 0.15) is 11.6 Å². The summed E-state index contributed by atoms with van der Waals surface area (Å²) in [5, 5.41) is 25.4. The number of anilines is 1. The largest absolute Gasteiger partial charge is 0.359 e. The van der Waals surface area contributed by atoms with E-state index in [1.54, 1.807) is 6.20 Å². The molecule has 0 aliphatic heterocycles. The number of allylic oxidation sites excluding steroid dienone is 1. The molecule has 0 radical (unpaired) electrons. The number of aromatic amines is 1. The minimum absolute atomic E-state index is 0.263. The number of nitriles is 1. The van der Waals surface area contributed by atoms with Crippen LogP contribution in [0.4, 0.5) is 5.69 Å². The highest BCUT2D eigenvalue weighted by molar-refractivity contribution is 14.1. The van der Waals surface area contributed by atoms with E-state index in [0.29, 0.717) is 5.57 Å². The molecule has 1 heterocycles. The summed E-state index contributed by atoms with van der Waals surface area (Å²) >= 11 is 5.72. The van der Waals surface area contributed by atoms with E-state index < -0.39 is 0 Å². The normalized spacial score (nSPS) is 11.2. The number of H-pyrrole nitrogens is 1. The van der Waals surface area contributed by atoms with Gasteiger partial charge in [-0.1, -0.05) is 15.9 Å². The molecule has 2 rings (SSSR count). The minimum Gasteiger partial charge on any atom is -0.359 e.